The first-order chi connectivity index (χ1) is 11.3. The van der Waals surface area contributed by atoms with Crippen molar-refractivity contribution in [3.8, 4) is 11.6 Å². The van der Waals surface area contributed by atoms with Gasteiger partial charge in [-0.05, 0) is 25.2 Å². The molecule has 23 heavy (non-hydrogen) atoms. The molecule has 0 aliphatic carbocycles. The van der Waals surface area contributed by atoms with Crippen molar-refractivity contribution in [2.45, 2.75) is 19.3 Å². The topological polar surface area (TPSA) is 109 Å². The van der Waals surface area contributed by atoms with Crippen LogP contribution >= 0.6 is 0 Å². The van der Waals surface area contributed by atoms with Crippen LogP contribution in [0.5, 0.6) is 0 Å². The Kier molecular flexibility index (Phi) is 3.70. The summed E-state index contributed by atoms with van der Waals surface area (Å²) in [6.07, 6.45) is 5.08. The lowest BCUT2D eigenvalue weighted by Crippen LogP contribution is -2.28. The van der Waals surface area contributed by atoms with Gasteiger partial charge in [0.1, 0.15) is 0 Å². The molecule has 4 rings (SSSR count). The molecule has 2 aromatic rings. The summed E-state index contributed by atoms with van der Waals surface area (Å²) in [5, 5.41) is 6.92. The van der Waals surface area contributed by atoms with Crippen molar-refractivity contribution in [1.29, 1.82) is 0 Å². The van der Waals surface area contributed by atoms with E-state index in [-0.39, 0.29) is 5.82 Å². The Balaban J connectivity index is 1.49. The van der Waals surface area contributed by atoms with Gasteiger partial charge in [0.25, 0.3) is 0 Å². The molecule has 2 N–H and O–H groups in total. The molecule has 2 aliphatic heterocycles. The Bertz CT molecular complexity index is 736. The van der Waals surface area contributed by atoms with Crippen LogP contribution < -0.4 is 16.0 Å². The molecule has 1 saturated heterocycles. The number of hydrogen-bond acceptors (Lipinski definition) is 8. The molecule has 122 valence electrons. The molecule has 0 radical (unpaired) electrons. The van der Waals surface area contributed by atoms with Crippen molar-refractivity contribution in [1.82, 2.24) is 20.1 Å². The van der Waals surface area contributed by atoms with Crippen molar-refractivity contribution in [3.63, 3.8) is 0 Å². The van der Waals surface area contributed by atoms with Crippen LogP contribution in [0.3, 0.4) is 0 Å². The van der Waals surface area contributed by atoms with Crippen molar-refractivity contribution in [2.24, 2.45) is 5.92 Å². The van der Waals surface area contributed by atoms with Gasteiger partial charge in [0, 0.05) is 19.8 Å². The minimum Gasteiger partial charge on any atom is -0.381 e. The fourth-order valence-electron chi connectivity index (χ4n) is 2.99. The highest BCUT2D eigenvalue weighted by atomic mass is 16.5. The predicted molar refractivity (Wildman–Crippen MR) is 82.1 cm³/mol. The van der Waals surface area contributed by atoms with E-state index in [4.69, 9.17) is 4.74 Å². The highest BCUT2D eigenvalue weighted by Gasteiger charge is 2.24. The van der Waals surface area contributed by atoms with Crippen molar-refractivity contribution < 1.29 is 9.26 Å². The molecule has 2 aromatic heterocycles. The molecule has 0 spiro atoms. The fraction of sp³-hybridized carbons (Fsp3) is 0.571. The Morgan fingerprint density at radius 3 is 3.00 bits per heavy atom. The summed E-state index contributed by atoms with van der Waals surface area (Å²) in [6.45, 7) is 3.37. The molecule has 0 aromatic carbocycles. The summed E-state index contributed by atoms with van der Waals surface area (Å²) in [5.41, 5.74) is 0.895. The monoisotopic (exact) mass is 318 g/mol. The van der Waals surface area contributed by atoms with Crippen molar-refractivity contribution in [2.75, 3.05) is 36.6 Å². The summed E-state index contributed by atoms with van der Waals surface area (Å²) in [5.74, 6) is 1.54. The summed E-state index contributed by atoms with van der Waals surface area (Å²) < 4.78 is 9.91. The maximum Gasteiger partial charge on any atom is 0.439 e. The molecule has 0 unspecified atom stereocenters. The smallest absolute Gasteiger partial charge is 0.381 e. The van der Waals surface area contributed by atoms with E-state index >= 15 is 0 Å². The van der Waals surface area contributed by atoms with Gasteiger partial charge in [-0.25, -0.2) is 14.8 Å². The highest BCUT2D eigenvalue weighted by molar-refractivity contribution is 5.71. The summed E-state index contributed by atoms with van der Waals surface area (Å²) in [6, 6.07) is 0. The number of rotatable bonds is 4. The second-order valence-electron chi connectivity index (χ2n) is 5.82. The Morgan fingerprint density at radius 1 is 1.35 bits per heavy atom. The van der Waals surface area contributed by atoms with Crippen LogP contribution in [-0.4, -0.2) is 46.5 Å². The number of nitrogens with zero attached hydrogens (tertiary/aromatic N) is 4. The number of hydrogen-bond donors (Lipinski definition) is 2. The van der Waals surface area contributed by atoms with E-state index in [1.807, 2.05) is 0 Å². The molecule has 9 nitrogen and oxygen atoms in total. The zero-order valence-electron chi connectivity index (χ0n) is 12.6. The average Bonchev–Trinajstić information content (AvgIpc) is 3.19. The maximum absolute atomic E-state index is 11.1. The Hall–Kier alpha value is -2.42. The van der Waals surface area contributed by atoms with Crippen molar-refractivity contribution >= 4 is 11.5 Å². The van der Waals surface area contributed by atoms with Gasteiger partial charge < -0.3 is 15.0 Å². The second-order valence-corrected chi connectivity index (χ2v) is 5.82. The lowest BCUT2D eigenvalue weighted by Gasteiger charge is -2.25. The predicted octanol–water partition coefficient (Wildman–Crippen LogP) is 0.826. The van der Waals surface area contributed by atoms with E-state index in [2.05, 4.69) is 34.8 Å². The minimum absolute atomic E-state index is 0.245. The van der Waals surface area contributed by atoms with E-state index < -0.39 is 5.76 Å². The van der Waals surface area contributed by atoms with Crippen LogP contribution in [0, 0.1) is 5.92 Å². The molecule has 0 bridgehead atoms. The van der Waals surface area contributed by atoms with Crippen molar-refractivity contribution in [3.05, 3.63) is 16.7 Å². The minimum atomic E-state index is -0.612. The number of anilines is 2. The number of aromatic nitrogens is 4. The van der Waals surface area contributed by atoms with E-state index in [0.29, 0.717) is 18.4 Å². The third-order valence-corrected chi connectivity index (χ3v) is 4.33. The van der Waals surface area contributed by atoms with E-state index in [0.717, 1.165) is 50.5 Å². The molecular weight excluding hydrogens is 300 g/mol. The first-order valence-electron chi connectivity index (χ1n) is 7.79. The van der Waals surface area contributed by atoms with Crippen LogP contribution in [-0.2, 0) is 4.74 Å². The lowest BCUT2D eigenvalue weighted by molar-refractivity contribution is 0.0645. The lowest BCUT2D eigenvalue weighted by atomic mass is 9.96. The summed E-state index contributed by atoms with van der Waals surface area (Å²) in [4.78, 5) is 24.5. The second kappa shape index (κ2) is 5.99. The normalized spacial score (nSPS) is 18.0. The molecule has 0 amide bonds. The molecule has 4 heterocycles. The molecule has 1 fully saturated rings. The third-order valence-electron chi connectivity index (χ3n) is 4.33. The quantitative estimate of drug-likeness (QED) is 0.853. The largest absolute Gasteiger partial charge is 0.439 e. The zero-order chi connectivity index (χ0) is 15.6. The van der Waals surface area contributed by atoms with E-state index in [9.17, 15) is 4.79 Å². The Morgan fingerprint density at radius 2 is 2.22 bits per heavy atom. The molecule has 2 aliphatic rings. The summed E-state index contributed by atoms with van der Waals surface area (Å²) >= 11 is 0. The third kappa shape index (κ3) is 2.91. The van der Waals surface area contributed by atoms with Gasteiger partial charge in [0.2, 0.25) is 11.6 Å². The Labute approximate surface area is 132 Å². The van der Waals surface area contributed by atoms with Gasteiger partial charge in [0.05, 0.1) is 18.6 Å². The van der Waals surface area contributed by atoms with Crippen LogP contribution in [0.2, 0.25) is 0 Å². The van der Waals surface area contributed by atoms with Gasteiger partial charge in [-0.15, -0.1) is 0 Å². The van der Waals surface area contributed by atoms with Crippen LogP contribution in [0.15, 0.2) is 15.5 Å². The number of ether oxygens (including phenoxy) is 1. The summed E-state index contributed by atoms with van der Waals surface area (Å²) in [7, 11) is 0. The standard InChI is InChI=1S/C14H18N6O3/c21-14-18-12(19-23-14)11-15-7-10-13(17-11)20(8-16-10)4-1-9-2-5-22-6-3-9/h7,9,16H,1-6,8H2,(H,18,19,21). The van der Waals surface area contributed by atoms with Gasteiger partial charge in [-0.3, -0.25) is 9.51 Å². The van der Waals surface area contributed by atoms with Gasteiger partial charge >= 0.3 is 5.76 Å². The van der Waals surface area contributed by atoms with E-state index in [1.165, 1.54) is 0 Å². The zero-order valence-corrected chi connectivity index (χ0v) is 12.6. The number of fused-ring (bicyclic) bond motifs is 1. The van der Waals surface area contributed by atoms with Crippen LogP contribution in [0.25, 0.3) is 11.6 Å². The number of aromatic amines is 1. The first-order valence-corrected chi connectivity index (χ1v) is 7.79. The van der Waals surface area contributed by atoms with Crippen LogP contribution in [0.1, 0.15) is 19.3 Å². The molecule has 9 heteroatoms. The SMILES string of the molecule is O=c1[nH]c(-c2ncc3c(n2)N(CCC2CCOCC2)CN3)no1. The van der Waals surface area contributed by atoms with E-state index in [1.54, 1.807) is 6.20 Å². The molecular formula is C14H18N6O3. The highest BCUT2D eigenvalue weighted by Crippen LogP contribution is 2.30. The molecule has 0 saturated carbocycles. The van der Waals surface area contributed by atoms with Gasteiger partial charge in [-0.2, -0.15) is 0 Å². The molecule has 0 atom stereocenters. The first kappa shape index (κ1) is 14.2. The number of nitrogens with one attached hydrogen (secondary N) is 2. The van der Waals surface area contributed by atoms with Gasteiger partial charge in [-0.1, -0.05) is 5.16 Å². The average molecular weight is 318 g/mol. The number of H-pyrrole nitrogens is 1. The van der Waals surface area contributed by atoms with Crippen LogP contribution in [0.4, 0.5) is 11.5 Å². The van der Waals surface area contributed by atoms with Gasteiger partial charge in [0.15, 0.2) is 5.82 Å². The maximum atomic E-state index is 11.1. The fourth-order valence-corrected chi connectivity index (χ4v) is 2.99.